The molecule has 1 fully saturated rings. The topological polar surface area (TPSA) is 95.8 Å². The molecule has 58 heavy (non-hydrogen) atoms. The van der Waals surface area contributed by atoms with Crippen molar-refractivity contribution < 1.29 is 27.8 Å². The van der Waals surface area contributed by atoms with Crippen LogP contribution in [0.25, 0.3) is 16.7 Å². The molecule has 0 bridgehead atoms. The Hall–Kier alpha value is -4.07. The number of carbonyl (C=O) groups excluding carboxylic acids is 1. The van der Waals surface area contributed by atoms with E-state index in [4.69, 9.17) is 72.2 Å². The molecule has 2 N–H and O–H groups in total. The van der Waals surface area contributed by atoms with Gasteiger partial charge in [-0.15, -0.1) is 0 Å². The molecule has 4 aromatic carbocycles. The third-order valence-electron chi connectivity index (χ3n) is 8.83. The number of esters is 1. The summed E-state index contributed by atoms with van der Waals surface area (Å²) in [7, 11) is 0. The standard InChI is InChI=1S/C20H17Cl2FN2O2.C18H14Cl3FO3.C4H10N2/c1-12-5-4-6-13(9-12)27-17-10-14(16(23)11-15(17)21)18-19(22)24-7-2-3-8-25(24)20(18)26;1-3-24-18(23)16(17(20)21)12-8-15(13(19)9-14(12)22)25-11-6-4-5-10(2)7-11;1-2-4-6-5-3-1/h4-6,9-11H,2-3,7-8H2,1H3;4-9H,3H2,1-2H3;5-6H,1-4H2. The molecule has 0 aliphatic carbocycles. The number of fused-ring (bicyclic) bond motifs is 1. The Morgan fingerprint density at radius 2 is 1.28 bits per heavy atom. The van der Waals surface area contributed by atoms with E-state index in [2.05, 4.69) is 10.9 Å². The van der Waals surface area contributed by atoms with Gasteiger partial charge in [0, 0.05) is 37.3 Å². The molecule has 5 aromatic rings. The maximum absolute atomic E-state index is 14.7. The van der Waals surface area contributed by atoms with Crippen LogP contribution in [0.1, 0.15) is 49.3 Å². The number of halogens is 7. The first-order valence-corrected chi connectivity index (χ1v) is 20.3. The van der Waals surface area contributed by atoms with Crippen LogP contribution in [0.4, 0.5) is 8.78 Å². The minimum absolute atomic E-state index is 0.0386. The van der Waals surface area contributed by atoms with Crippen LogP contribution in [0.15, 0.2) is 82.1 Å². The summed E-state index contributed by atoms with van der Waals surface area (Å²) in [6.45, 7) is 9.03. The number of nitrogens with one attached hydrogen (secondary N) is 2. The second kappa shape index (κ2) is 21.3. The molecule has 2 aliphatic rings. The summed E-state index contributed by atoms with van der Waals surface area (Å²) in [5.41, 5.74) is 7.54. The average molecular weight is 897 g/mol. The van der Waals surface area contributed by atoms with Gasteiger partial charge in [0.2, 0.25) is 0 Å². The van der Waals surface area contributed by atoms with Crippen molar-refractivity contribution in [2.45, 2.75) is 59.5 Å². The third kappa shape index (κ3) is 11.6. The monoisotopic (exact) mass is 894 g/mol. The van der Waals surface area contributed by atoms with Crippen molar-refractivity contribution in [2.24, 2.45) is 0 Å². The van der Waals surface area contributed by atoms with Crippen molar-refractivity contribution in [3.05, 3.63) is 131 Å². The van der Waals surface area contributed by atoms with Crippen LogP contribution >= 0.6 is 58.0 Å². The smallest absolute Gasteiger partial charge is 0.341 e. The quantitative estimate of drug-likeness (QED) is 0.118. The van der Waals surface area contributed by atoms with E-state index in [1.165, 1.54) is 25.0 Å². The molecule has 3 heterocycles. The summed E-state index contributed by atoms with van der Waals surface area (Å²) in [6, 6.07) is 19.5. The predicted molar refractivity (Wildman–Crippen MR) is 228 cm³/mol. The highest BCUT2D eigenvalue weighted by atomic mass is 35.5. The third-order valence-corrected chi connectivity index (χ3v) is 10.2. The number of aryl methyl sites for hydroxylation is 2. The Kier molecular flexibility index (Phi) is 16.5. The highest BCUT2D eigenvalue weighted by Gasteiger charge is 2.26. The van der Waals surface area contributed by atoms with Gasteiger partial charge in [0.25, 0.3) is 5.56 Å². The summed E-state index contributed by atoms with van der Waals surface area (Å²) in [5.74, 6) is -0.720. The van der Waals surface area contributed by atoms with Gasteiger partial charge in [-0.2, -0.15) is 0 Å². The van der Waals surface area contributed by atoms with Gasteiger partial charge in [-0.3, -0.25) is 20.3 Å². The normalized spacial score (nSPS) is 13.2. The van der Waals surface area contributed by atoms with Crippen molar-refractivity contribution >= 4 is 69.5 Å². The van der Waals surface area contributed by atoms with E-state index in [-0.39, 0.29) is 61.1 Å². The van der Waals surface area contributed by atoms with Crippen LogP contribution in [0.3, 0.4) is 0 Å². The zero-order valence-corrected chi connectivity index (χ0v) is 35.7. The number of aromatic nitrogens is 2. The second-order valence-corrected chi connectivity index (χ2v) is 15.3. The summed E-state index contributed by atoms with van der Waals surface area (Å²) in [6.07, 6.45) is 4.47. The first-order valence-electron chi connectivity index (χ1n) is 18.4. The van der Waals surface area contributed by atoms with Gasteiger partial charge in [0.1, 0.15) is 49.9 Å². The molecule has 16 heteroatoms. The minimum atomic E-state index is -0.842. The summed E-state index contributed by atoms with van der Waals surface area (Å²) >= 11 is 30.2. The molecule has 2 aliphatic heterocycles. The lowest BCUT2D eigenvalue weighted by Gasteiger charge is -2.17. The molecule has 7 rings (SSSR count). The SMILES string of the molecule is C1CCNNC1.CCOC(=O)C(=C(Cl)Cl)c1cc(Oc2cccc(C)c2)c(Cl)cc1F.Cc1cccc(Oc2cc(-c3c(Cl)n4n(c3=O)CCCC4)c(F)cc2Cl)c1. The predicted octanol–water partition coefficient (Wildman–Crippen LogP) is 11.8. The molecule has 0 atom stereocenters. The first-order chi connectivity index (χ1) is 27.8. The molecular weight excluding hydrogens is 856 g/mol. The fourth-order valence-corrected chi connectivity index (χ4v) is 7.15. The van der Waals surface area contributed by atoms with Crippen LogP contribution in [0, 0.1) is 25.5 Å². The van der Waals surface area contributed by atoms with E-state index >= 15 is 0 Å². The average Bonchev–Trinajstić information content (AvgIpc) is 3.44. The number of hydrazine groups is 1. The van der Waals surface area contributed by atoms with Crippen LogP contribution in [-0.4, -0.2) is 35.0 Å². The second-order valence-electron chi connectivity index (χ2n) is 13.2. The number of rotatable bonds is 8. The molecule has 0 saturated carbocycles. The maximum atomic E-state index is 14.7. The molecule has 0 spiro atoms. The number of benzene rings is 4. The summed E-state index contributed by atoms with van der Waals surface area (Å²) < 4.78 is 48.3. The maximum Gasteiger partial charge on any atom is 0.341 e. The van der Waals surface area contributed by atoms with E-state index in [0.29, 0.717) is 24.6 Å². The number of carbonyl (C=O) groups is 1. The zero-order chi connectivity index (χ0) is 41.9. The Bertz CT molecular complexity index is 2330. The number of ether oxygens (including phenoxy) is 3. The number of nitrogens with zero attached hydrogens (tertiary/aromatic N) is 2. The Labute approximate surface area is 360 Å². The molecule has 0 unspecified atom stereocenters. The molecule has 0 amide bonds. The lowest BCUT2D eigenvalue weighted by molar-refractivity contribution is -0.136. The first kappa shape index (κ1) is 45.0. The van der Waals surface area contributed by atoms with Crippen molar-refractivity contribution in [3.8, 4) is 34.1 Å². The van der Waals surface area contributed by atoms with Crippen molar-refractivity contribution in [1.29, 1.82) is 0 Å². The molecule has 0 radical (unpaired) electrons. The Morgan fingerprint density at radius 3 is 1.76 bits per heavy atom. The summed E-state index contributed by atoms with van der Waals surface area (Å²) in [4.78, 5) is 24.9. The summed E-state index contributed by atoms with van der Waals surface area (Å²) in [5, 5.41) is 0.400. The Balaban J connectivity index is 0.000000193. The fraction of sp³-hybridized carbons (Fsp3) is 0.286. The highest BCUT2D eigenvalue weighted by molar-refractivity contribution is 6.61. The molecular formula is C42H41Cl5F2N4O5. The van der Waals surface area contributed by atoms with Crippen molar-refractivity contribution in [3.63, 3.8) is 0 Å². The largest absolute Gasteiger partial charge is 0.462 e. The molecule has 308 valence electrons. The van der Waals surface area contributed by atoms with Gasteiger partial charge >= 0.3 is 5.97 Å². The van der Waals surface area contributed by atoms with E-state index in [9.17, 15) is 18.4 Å². The van der Waals surface area contributed by atoms with Crippen LogP contribution in [0.2, 0.25) is 15.2 Å². The van der Waals surface area contributed by atoms with Crippen molar-refractivity contribution in [1.82, 2.24) is 20.2 Å². The zero-order valence-electron chi connectivity index (χ0n) is 31.9. The lowest BCUT2D eigenvalue weighted by atomic mass is 10.1. The van der Waals surface area contributed by atoms with E-state index in [0.717, 1.165) is 49.2 Å². The van der Waals surface area contributed by atoms with Crippen molar-refractivity contribution in [2.75, 3.05) is 19.7 Å². The van der Waals surface area contributed by atoms with E-state index in [1.807, 2.05) is 44.2 Å². The number of hydrogen-bond donors (Lipinski definition) is 2. The van der Waals surface area contributed by atoms with Gasteiger partial charge in [0.05, 0.1) is 22.2 Å². The molecule has 1 saturated heterocycles. The number of hydrogen-bond acceptors (Lipinski definition) is 7. The van der Waals surface area contributed by atoms with Crippen LogP contribution in [0.5, 0.6) is 23.0 Å². The fourth-order valence-electron chi connectivity index (χ4n) is 6.06. The van der Waals surface area contributed by atoms with Gasteiger partial charge in [-0.25, -0.2) is 18.3 Å². The Morgan fingerprint density at radius 1 is 0.741 bits per heavy atom. The highest BCUT2D eigenvalue weighted by Crippen LogP contribution is 2.39. The van der Waals surface area contributed by atoms with E-state index < -0.39 is 22.1 Å². The van der Waals surface area contributed by atoms with Gasteiger partial charge in [-0.05, 0) is 106 Å². The van der Waals surface area contributed by atoms with Crippen LogP contribution < -0.4 is 25.9 Å². The molecule has 1 aromatic heterocycles. The van der Waals surface area contributed by atoms with E-state index in [1.54, 1.807) is 34.5 Å². The van der Waals surface area contributed by atoms with Gasteiger partial charge in [0.15, 0.2) is 0 Å². The van der Waals surface area contributed by atoms with Gasteiger partial charge < -0.3 is 14.2 Å². The van der Waals surface area contributed by atoms with Crippen LogP contribution in [-0.2, 0) is 22.6 Å². The lowest BCUT2D eigenvalue weighted by Crippen LogP contribution is -2.37. The molecule has 9 nitrogen and oxygen atoms in total. The minimum Gasteiger partial charge on any atom is -0.462 e. The van der Waals surface area contributed by atoms with Gasteiger partial charge in [-0.1, -0.05) is 82.3 Å².